The summed E-state index contributed by atoms with van der Waals surface area (Å²) in [6, 6.07) is 0. The van der Waals surface area contributed by atoms with E-state index in [0.717, 1.165) is 49.4 Å². The van der Waals surface area contributed by atoms with Crippen LogP contribution in [0.15, 0.2) is 0 Å². The number of epoxide rings is 1. The van der Waals surface area contributed by atoms with E-state index in [0.29, 0.717) is 23.4 Å². The number of fused-ring (bicyclic) bond motifs is 5. The highest BCUT2D eigenvalue weighted by Gasteiger charge is 2.62. The number of aliphatic hydroxyl groups is 2. The summed E-state index contributed by atoms with van der Waals surface area (Å²) in [6.45, 7) is 12.0. The summed E-state index contributed by atoms with van der Waals surface area (Å²) >= 11 is 0. The molecular formula is C26H44O3. The molecule has 3 heteroatoms. The molecule has 5 fully saturated rings. The van der Waals surface area contributed by atoms with Gasteiger partial charge in [0.2, 0.25) is 0 Å². The van der Waals surface area contributed by atoms with Gasteiger partial charge in [0, 0.05) is 0 Å². The van der Waals surface area contributed by atoms with Crippen molar-refractivity contribution >= 4 is 0 Å². The van der Waals surface area contributed by atoms with Gasteiger partial charge in [-0.05, 0) is 118 Å². The van der Waals surface area contributed by atoms with Gasteiger partial charge in [-0.3, -0.25) is 0 Å². The zero-order chi connectivity index (χ0) is 20.8. The third-order valence-electron chi connectivity index (χ3n) is 11.2. The topological polar surface area (TPSA) is 53.0 Å². The van der Waals surface area contributed by atoms with Gasteiger partial charge in [-0.15, -0.1) is 0 Å². The molecule has 4 aliphatic carbocycles. The van der Waals surface area contributed by atoms with Crippen LogP contribution in [0.25, 0.3) is 0 Å². The van der Waals surface area contributed by atoms with Gasteiger partial charge < -0.3 is 14.9 Å². The highest BCUT2D eigenvalue weighted by molar-refractivity contribution is 5.12. The molecule has 11 atom stereocenters. The summed E-state index contributed by atoms with van der Waals surface area (Å²) in [6.07, 6.45) is 10.5. The minimum Gasteiger partial charge on any atom is -0.393 e. The first-order chi connectivity index (χ1) is 13.6. The predicted molar refractivity (Wildman–Crippen MR) is 115 cm³/mol. The molecule has 0 aromatic rings. The molecule has 3 nitrogen and oxygen atoms in total. The predicted octanol–water partition coefficient (Wildman–Crippen LogP) is 5.18. The maximum Gasteiger partial charge on any atom is 0.0892 e. The van der Waals surface area contributed by atoms with Crippen LogP contribution in [0, 0.1) is 46.3 Å². The van der Waals surface area contributed by atoms with E-state index in [1.54, 1.807) is 0 Å². The van der Waals surface area contributed by atoms with Crippen LogP contribution >= 0.6 is 0 Å². The molecule has 5 rings (SSSR count). The number of aliphatic hydroxyl groups excluding tert-OH is 2. The molecule has 0 amide bonds. The van der Waals surface area contributed by atoms with Gasteiger partial charge in [0.05, 0.1) is 23.9 Å². The van der Waals surface area contributed by atoms with Crippen LogP contribution in [0.4, 0.5) is 0 Å². The number of hydrogen-bond acceptors (Lipinski definition) is 3. The Morgan fingerprint density at radius 1 is 0.862 bits per heavy atom. The van der Waals surface area contributed by atoms with Crippen molar-refractivity contribution in [2.45, 2.75) is 116 Å². The lowest BCUT2D eigenvalue weighted by Gasteiger charge is -2.62. The molecular weight excluding hydrogens is 360 g/mol. The Morgan fingerprint density at radius 3 is 2.21 bits per heavy atom. The largest absolute Gasteiger partial charge is 0.393 e. The Bertz CT molecular complexity index is 646. The smallest absolute Gasteiger partial charge is 0.0892 e. The zero-order valence-electron chi connectivity index (χ0n) is 19.4. The molecule has 1 saturated heterocycles. The Morgan fingerprint density at radius 2 is 1.52 bits per heavy atom. The average molecular weight is 405 g/mol. The van der Waals surface area contributed by atoms with Crippen molar-refractivity contribution in [2.24, 2.45) is 46.3 Å². The third kappa shape index (κ3) is 3.08. The normalized spacial score (nSPS) is 56.8. The molecule has 0 aromatic heterocycles. The van der Waals surface area contributed by atoms with Crippen LogP contribution in [0.1, 0.15) is 92.4 Å². The van der Waals surface area contributed by atoms with E-state index in [4.69, 9.17) is 4.74 Å². The minimum atomic E-state index is -0.212. The van der Waals surface area contributed by atoms with Crippen LogP contribution in [-0.2, 0) is 4.74 Å². The van der Waals surface area contributed by atoms with Crippen LogP contribution < -0.4 is 0 Å². The maximum absolute atomic E-state index is 11.2. The van der Waals surface area contributed by atoms with E-state index in [9.17, 15) is 10.2 Å². The Balaban J connectivity index is 1.35. The summed E-state index contributed by atoms with van der Waals surface area (Å²) in [5.74, 6) is 4.06. The lowest BCUT2D eigenvalue weighted by Crippen LogP contribution is -2.58. The van der Waals surface area contributed by atoms with E-state index < -0.39 is 0 Å². The molecule has 0 radical (unpaired) electrons. The number of hydrogen-bond donors (Lipinski definition) is 2. The summed E-state index contributed by atoms with van der Waals surface area (Å²) in [7, 11) is 0. The first-order valence-corrected chi connectivity index (χ1v) is 12.6. The van der Waals surface area contributed by atoms with Gasteiger partial charge in [-0.2, -0.15) is 0 Å². The molecule has 0 spiro atoms. The minimum absolute atomic E-state index is 0.105. The van der Waals surface area contributed by atoms with Crippen molar-refractivity contribution < 1.29 is 14.9 Å². The summed E-state index contributed by atoms with van der Waals surface area (Å²) in [5.41, 5.74) is 0.780. The van der Waals surface area contributed by atoms with E-state index >= 15 is 0 Å². The van der Waals surface area contributed by atoms with Gasteiger partial charge in [0.25, 0.3) is 0 Å². The molecule has 0 aromatic carbocycles. The second-order valence-corrected chi connectivity index (χ2v) is 12.9. The first kappa shape index (κ1) is 20.8. The fourth-order valence-corrected chi connectivity index (χ4v) is 9.42. The van der Waals surface area contributed by atoms with E-state index in [1.165, 1.54) is 32.1 Å². The second kappa shape index (κ2) is 6.69. The van der Waals surface area contributed by atoms with Crippen LogP contribution in [0.5, 0.6) is 0 Å². The molecule has 4 saturated carbocycles. The molecule has 29 heavy (non-hydrogen) atoms. The van der Waals surface area contributed by atoms with Gasteiger partial charge in [-0.1, -0.05) is 20.8 Å². The Labute approximate surface area is 178 Å². The Kier molecular flexibility index (Phi) is 4.79. The van der Waals surface area contributed by atoms with Gasteiger partial charge >= 0.3 is 0 Å². The van der Waals surface area contributed by atoms with E-state index in [-0.39, 0.29) is 23.2 Å². The molecule has 4 unspecified atom stereocenters. The van der Waals surface area contributed by atoms with Crippen molar-refractivity contribution in [1.29, 1.82) is 0 Å². The van der Waals surface area contributed by atoms with Gasteiger partial charge in [0.15, 0.2) is 0 Å². The van der Waals surface area contributed by atoms with E-state index in [2.05, 4.69) is 34.6 Å². The number of rotatable bonds is 3. The van der Waals surface area contributed by atoms with Crippen molar-refractivity contribution in [2.75, 3.05) is 0 Å². The number of ether oxygens (including phenoxy) is 1. The molecule has 5 aliphatic rings. The highest BCUT2D eigenvalue weighted by atomic mass is 16.6. The first-order valence-electron chi connectivity index (χ1n) is 12.6. The monoisotopic (exact) mass is 404 g/mol. The molecule has 1 aliphatic heterocycles. The van der Waals surface area contributed by atoms with Gasteiger partial charge in [0.1, 0.15) is 0 Å². The van der Waals surface area contributed by atoms with E-state index in [1.807, 2.05) is 0 Å². The quantitative estimate of drug-likeness (QED) is 0.637. The molecule has 166 valence electrons. The highest BCUT2D eigenvalue weighted by Crippen LogP contribution is 2.68. The summed E-state index contributed by atoms with van der Waals surface area (Å²) < 4.78 is 5.93. The van der Waals surface area contributed by atoms with Crippen molar-refractivity contribution in [3.05, 3.63) is 0 Å². The van der Waals surface area contributed by atoms with Crippen molar-refractivity contribution in [1.82, 2.24) is 0 Å². The van der Waals surface area contributed by atoms with Crippen molar-refractivity contribution in [3.63, 3.8) is 0 Å². The average Bonchev–Trinajstić information content (AvgIpc) is 3.07. The van der Waals surface area contributed by atoms with Gasteiger partial charge in [-0.25, -0.2) is 0 Å². The van der Waals surface area contributed by atoms with Crippen molar-refractivity contribution in [3.8, 4) is 0 Å². The van der Waals surface area contributed by atoms with Crippen LogP contribution in [0.2, 0.25) is 0 Å². The summed E-state index contributed by atoms with van der Waals surface area (Å²) in [5, 5.41) is 21.4. The summed E-state index contributed by atoms with van der Waals surface area (Å²) in [4.78, 5) is 0. The maximum atomic E-state index is 11.2. The molecule has 2 N–H and O–H groups in total. The lowest BCUT2D eigenvalue weighted by molar-refractivity contribution is -0.172. The molecule has 0 bridgehead atoms. The van der Waals surface area contributed by atoms with Crippen LogP contribution in [0.3, 0.4) is 0 Å². The molecule has 1 heterocycles. The lowest BCUT2D eigenvalue weighted by atomic mass is 9.43. The fourth-order valence-electron chi connectivity index (χ4n) is 9.42. The standard InChI is InChI=1S/C26H44O3/c1-15(12-23-24(2,3)29-23)18-6-7-19-17-14-22(28)21-13-16(27)8-10-26(21,5)20(17)9-11-25(18,19)4/h15-23,27-28H,6-14H2,1-5H3/t15-,16-,17?,18-,19?,20?,21?,22+,23-,25-,26-/m1/s1. The SMILES string of the molecule is C[C@H](C[C@H]1OC1(C)C)[C@H]1CCC2C3C[C@H](O)C4C[C@H](O)CC[C@]4(C)C3CC[C@@]21C. The zero-order valence-corrected chi connectivity index (χ0v) is 19.4. The fraction of sp³-hybridized carbons (Fsp3) is 1.00. The van der Waals surface area contributed by atoms with Crippen LogP contribution in [-0.4, -0.2) is 34.1 Å². The second-order valence-electron chi connectivity index (χ2n) is 12.9. The third-order valence-corrected chi connectivity index (χ3v) is 11.2. The Hall–Kier alpha value is -0.120.